The maximum atomic E-state index is 6.03. The minimum Gasteiger partial charge on any atom is -0.436 e. The van der Waals surface area contributed by atoms with E-state index in [0.717, 1.165) is 33.6 Å². The minimum absolute atomic E-state index is 0.542. The summed E-state index contributed by atoms with van der Waals surface area (Å²) in [5.41, 5.74) is 5.52. The van der Waals surface area contributed by atoms with Crippen LogP contribution in [0.2, 0.25) is 0 Å². The van der Waals surface area contributed by atoms with Crippen molar-refractivity contribution in [3.05, 3.63) is 84.8 Å². The first kappa shape index (κ1) is 17.2. The van der Waals surface area contributed by atoms with E-state index >= 15 is 0 Å². The Hall–Kier alpha value is -3.93. The summed E-state index contributed by atoms with van der Waals surface area (Å²) in [7, 11) is 1.90. The van der Waals surface area contributed by atoms with Crippen LogP contribution in [0.1, 0.15) is 5.56 Å². The van der Waals surface area contributed by atoms with Crippen LogP contribution in [0, 0.1) is 0 Å². The molecule has 0 aliphatic rings. The van der Waals surface area contributed by atoms with Crippen molar-refractivity contribution in [2.75, 3.05) is 5.32 Å². The average Bonchev–Trinajstić information content (AvgIpc) is 3.39. The van der Waals surface area contributed by atoms with Gasteiger partial charge in [0.1, 0.15) is 11.3 Å². The molecule has 0 aliphatic heterocycles. The van der Waals surface area contributed by atoms with Gasteiger partial charge in [-0.25, -0.2) is 9.97 Å². The van der Waals surface area contributed by atoms with Crippen molar-refractivity contribution >= 4 is 16.9 Å². The molecular weight excluding hydrogens is 362 g/mol. The Morgan fingerprint density at radius 2 is 1.79 bits per heavy atom. The van der Waals surface area contributed by atoms with E-state index in [4.69, 9.17) is 4.42 Å². The van der Waals surface area contributed by atoms with Crippen LogP contribution < -0.4 is 5.32 Å². The molecule has 5 rings (SSSR count). The van der Waals surface area contributed by atoms with E-state index in [-0.39, 0.29) is 0 Å². The average molecular weight is 381 g/mol. The van der Waals surface area contributed by atoms with Crippen molar-refractivity contribution in [2.24, 2.45) is 7.05 Å². The molecule has 142 valence electrons. The SMILES string of the molecule is Cn1cc(-c2cnc(NCc3ccccc3)c(-c3nc4ccccc4o3)c2)cn1. The van der Waals surface area contributed by atoms with Crippen molar-refractivity contribution in [2.45, 2.75) is 6.54 Å². The summed E-state index contributed by atoms with van der Waals surface area (Å²) in [5, 5.41) is 7.69. The number of nitrogens with zero attached hydrogens (tertiary/aromatic N) is 4. The van der Waals surface area contributed by atoms with Crippen LogP contribution >= 0.6 is 0 Å². The number of nitrogens with one attached hydrogen (secondary N) is 1. The number of hydrogen-bond acceptors (Lipinski definition) is 5. The molecule has 6 nitrogen and oxygen atoms in total. The van der Waals surface area contributed by atoms with Crippen LogP contribution in [0.5, 0.6) is 0 Å². The van der Waals surface area contributed by atoms with Crippen LogP contribution in [-0.2, 0) is 13.6 Å². The highest BCUT2D eigenvalue weighted by Crippen LogP contribution is 2.32. The first-order chi connectivity index (χ1) is 14.3. The second-order valence-electron chi connectivity index (χ2n) is 6.85. The molecular formula is C23H19N5O. The summed E-state index contributed by atoms with van der Waals surface area (Å²) in [6.45, 7) is 0.660. The number of hydrogen-bond donors (Lipinski definition) is 1. The summed E-state index contributed by atoms with van der Waals surface area (Å²) in [4.78, 5) is 9.35. The van der Waals surface area contributed by atoms with E-state index in [2.05, 4.69) is 32.5 Å². The maximum Gasteiger partial charge on any atom is 0.231 e. The summed E-state index contributed by atoms with van der Waals surface area (Å²) in [6, 6.07) is 20.0. The van der Waals surface area contributed by atoms with Crippen LogP contribution in [0.25, 0.3) is 33.7 Å². The first-order valence-electron chi connectivity index (χ1n) is 9.39. The van der Waals surface area contributed by atoms with E-state index in [1.807, 2.05) is 74.2 Å². The normalized spacial score (nSPS) is 11.1. The monoisotopic (exact) mass is 381 g/mol. The molecule has 3 aromatic heterocycles. The van der Waals surface area contributed by atoms with E-state index in [9.17, 15) is 0 Å². The molecule has 0 bridgehead atoms. The molecule has 0 radical (unpaired) electrons. The van der Waals surface area contributed by atoms with Gasteiger partial charge in [-0.05, 0) is 23.8 Å². The fourth-order valence-corrected chi connectivity index (χ4v) is 3.27. The molecule has 2 aromatic carbocycles. The molecule has 0 fully saturated rings. The third-order valence-corrected chi connectivity index (χ3v) is 4.75. The Bertz CT molecular complexity index is 1240. The molecule has 5 aromatic rings. The number of para-hydroxylation sites is 2. The zero-order valence-electron chi connectivity index (χ0n) is 15.9. The molecule has 0 spiro atoms. The summed E-state index contributed by atoms with van der Waals surface area (Å²) in [6.07, 6.45) is 5.63. The zero-order valence-corrected chi connectivity index (χ0v) is 15.9. The van der Waals surface area contributed by atoms with Gasteiger partial charge in [-0.15, -0.1) is 0 Å². The Morgan fingerprint density at radius 1 is 0.966 bits per heavy atom. The molecule has 0 saturated carbocycles. The van der Waals surface area contributed by atoms with E-state index in [0.29, 0.717) is 12.4 Å². The van der Waals surface area contributed by atoms with Gasteiger partial charge >= 0.3 is 0 Å². The van der Waals surface area contributed by atoms with Crippen LogP contribution in [0.15, 0.2) is 83.7 Å². The van der Waals surface area contributed by atoms with Crippen LogP contribution in [-0.4, -0.2) is 19.7 Å². The van der Waals surface area contributed by atoms with E-state index in [1.54, 1.807) is 4.68 Å². The Kier molecular flexibility index (Phi) is 4.29. The molecule has 6 heteroatoms. The van der Waals surface area contributed by atoms with Crippen molar-refractivity contribution < 1.29 is 4.42 Å². The Labute approximate surface area is 167 Å². The van der Waals surface area contributed by atoms with Gasteiger partial charge in [-0.3, -0.25) is 4.68 Å². The summed E-state index contributed by atoms with van der Waals surface area (Å²) >= 11 is 0. The van der Waals surface area contributed by atoms with Gasteiger partial charge in [0.15, 0.2) is 5.58 Å². The minimum atomic E-state index is 0.542. The number of fused-ring (bicyclic) bond motifs is 1. The third-order valence-electron chi connectivity index (χ3n) is 4.75. The quantitative estimate of drug-likeness (QED) is 0.469. The van der Waals surface area contributed by atoms with Crippen molar-refractivity contribution in [3.8, 4) is 22.6 Å². The number of anilines is 1. The van der Waals surface area contributed by atoms with Gasteiger partial charge in [0, 0.05) is 37.1 Å². The molecule has 29 heavy (non-hydrogen) atoms. The van der Waals surface area contributed by atoms with Crippen molar-refractivity contribution in [3.63, 3.8) is 0 Å². The highest BCUT2D eigenvalue weighted by Gasteiger charge is 2.16. The fraction of sp³-hybridized carbons (Fsp3) is 0.0870. The molecule has 0 unspecified atom stereocenters. The maximum absolute atomic E-state index is 6.03. The lowest BCUT2D eigenvalue weighted by molar-refractivity contribution is 0.619. The number of rotatable bonds is 5. The Balaban J connectivity index is 1.57. The van der Waals surface area contributed by atoms with Crippen LogP contribution in [0.4, 0.5) is 5.82 Å². The van der Waals surface area contributed by atoms with E-state index in [1.165, 1.54) is 5.56 Å². The Morgan fingerprint density at radius 3 is 2.59 bits per heavy atom. The van der Waals surface area contributed by atoms with Crippen molar-refractivity contribution in [1.82, 2.24) is 19.7 Å². The smallest absolute Gasteiger partial charge is 0.231 e. The van der Waals surface area contributed by atoms with Crippen LogP contribution in [0.3, 0.4) is 0 Å². The lowest BCUT2D eigenvalue weighted by atomic mass is 10.1. The second kappa shape index (κ2) is 7.24. The third kappa shape index (κ3) is 3.48. The van der Waals surface area contributed by atoms with Crippen molar-refractivity contribution in [1.29, 1.82) is 0 Å². The fourth-order valence-electron chi connectivity index (χ4n) is 3.27. The second-order valence-corrected chi connectivity index (χ2v) is 6.85. The van der Waals surface area contributed by atoms with Gasteiger partial charge in [0.05, 0.1) is 11.8 Å². The van der Waals surface area contributed by atoms with Gasteiger partial charge in [-0.2, -0.15) is 5.10 Å². The number of aromatic nitrogens is 4. The number of aryl methyl sites for hydroxylation is 1. The van der Waals surface area contributed by atoms with Gasteiger partial charge in [-0.1, -0.05) is 42.5 Å². The van der Waals surface area contributed by atoms with Gasteiger partial charge in [0.2, 0.25) is 5.89 Å². The lowest BCUT2D eigenvalue weighted by Crippen LogP contribution is -2.03. The predicted octanol–water partition coefficient (Wildman–Crippen LogP) is 4.90. The lowest BCUT2D eigenvalue weighted by Gasteiger charge is -2.10. The standard InChI is InChI=1S/C23H19N5O/c1-28-15-18(14-26-28)17-11-19(23-27-20-9-5-6-10-21(20)29-23)22(25-13-17)24-12-16-7-3-2-4-8-16/h2-11,13-15H,12H2,1H3,(H,24,25). The molecule has 0 aliphatic carbocycles. The van der Waals surface area contributed by atoms with Gasteiger partial charge in [0.25, 0.3) is 0 Å². The highest BCUT2D eigenvalue weighted by molar-refractivity contribution is 5.81. The summed E-state index contributed by atoms with van der Waals surface area (Å²) < 4.78 is 7.80. The first-order valence-corrected chi connectivity index (χ1v) is 9.39. The predicted molar refractivity (Wildman–Crippen MR) is 113 cm³/mol. The largest absolute Gasteiger partial charge is 0.436 e. The summed E-state index contributed by atoms with van der Waals surface area (Å²) in [5.74, 6) is 1.27. The molecule has 0 amide bonds. The molecule has 3 heterocycles. The highest BCUT2D eigenvalue weighted by atomic mass is 16.3. The molecule has 1 N–H and O–H groups in total. The number of benzene rings is 2. The number of pyridine rings is 1. The zero-order chi connectivity index (χ0) is 19.6. The molecule has 0 saturated heterocycles. The van der Waals surface area contributed by atoms with E-state index < -0.39 is 0 Å². The topological polar surface area (TPSA) is 68.8 Å². The number of oxazole rings is 1. The molecule has 0 atom stereocenters. The van der Waals surface area contributed by atoms with Gasteiger partial charge < -0.3 is 9.73 Å².